The average molecular weight is 252 g/mol. The zero-order chi connectivity index (χ0) is 11.4. The molecule has 0 saturated heterocycles. The van der Waals surface area contributed by atoms with Crippen molar-refractivity contribution < 1.29 is 13.2 Å². The highest BCUT2D eigenvalue weighted by Crippen LogP contribution is 2.24. The van der Waals surface area contributed by atoms with Gasteiger partial charge in [-0.15, -0.1) is 19.0 Å². The maximum Gasteiger partial charge on any atom is 0.166 e. The van der Waals surface area contributed by atoms with Crippen LogP contribution in [0, 0.1) is 17.5 Å². The third kappa shape index (κ3) is 3.25. The number of hydrogen-bond acceptors (Lipinski definition) is 1. The topological polar surface area (TPSA) is 26.0 Å². The van der Waals surface area contributed by atoms with Crippen molar-refractivity contribution in [2.75, 3.05) is 0 Å². The van der Waals surface area contributed by atoms with Crippen molar-refractivity contribution >= 4 is 12.4 Å². The first-order valence-corrected chi connectivity index (χ1v) is 4.57. The molecule has 0 radical (unpaired) electrons. The molecule has 0 saturated carbocycles. The first-order chi connectivity index (χ1) is 7.07. The molecule has 0 unspecified atom stereocenters. The van der Waals surface area contributed by atoms with E-state index in [-0.39, 0.29) is 12.4 Å². The van der Waals surface area contributed by atoms with Crippen LogP contribution in [-0.2, 0) is 0 Å². The molecule has 1 rings (SSSR count). The maximum absolute atomic E-state index is 13.2. The second kappa shape index (κ2) is 6.55. The first-order valence-electron chi connectivity index (χ1n) is 4.57. The Kier molecular flexibility index (Phi) is 6.14. The fraction of sp³-hybridized carbons (Fsp3) is 0.273. The largest absolute Gasteiger partial charge is 0.324 e. The number of benzene rings is 1. The van der Waals surface area contributed by atoms with Crippen LogP contribution in [0.1, 0.15) is 24.4 Å². The van der Waals surface area contributed by atoms with Gasteiger partial charge in [0, 0.05) is 11.6 Å². The molecule has 2 N–H and O–H groups in total. The van der Waals surface area contributed by atoms with E-state index in [2.05, 4.69) is 6.58 Å². The zero-order valence-corrected chi connectivity index (χ0v) is 9.37. The standard InChI is InChI=1S/C11H12F3N.ClH/c1-2-3-4-9(15)10-7(12)5-6-8(13)11(10)14;/h2,5-6,9H,1,3-4,15H2;1H/t9-;/m0./s1. The van der Waals surface area contributed by atoms with Crippen molar-refractivity contribution in [3.63, 3.8) is 0 Å². The van der Waals surface area contributed by atoms with E-state index in [0.717, 1.165) is 12.1 Å². The molecule has 90 valence electrons. The Balaban J connectivity index is 0.00000225. The Hall–Kier alpha value is -1.00. The molecule has 0 bridgehead atoms. The third-order valence-electron chi connectivity index (χ3n) is 2.13. The van der Waals surface area contributed by atoms with Crippen LogP contribution in [0.15, 0.2) is 24.8 Å². The number of rotatable bonds is 4. The number of nitrogens with two attached hydrogens (primary N) is 1. The molecule has 0 aliphatic heterocycles. The lowest BCUT2D eigenvalue weighted by atomic mass is 10.0. The fourth-order valence-electron chi connectivity index (χ4n) is 1.32. The minimum atomic E-state index is -1.20. The first kappa shape index (κ1) is 15.0. The van der Waals surface area contributed by atoms with Crippen molar-refractivity contribution in [3.8, 4) is 0 Å². The van der Waals surface area contributed by atoms with Gasteiger partial charge in [-0.1, -0.05) is 6.08 Å². The lowest BCUT2D eigenvalue weighted by Gasteiger charge is -2.13. The fourth-order valence-corrected chi connectivity index (χ4v) is 1.32. The third-order valence-corrected chi connectivity index (χ3v) is 2.13. The quantitative estimate of drug-likeness (QED) is 0.643. The van der Waals surface area contributed by atoms with Crippen LogP contribution in [0.4, 0.5) is 13.2 Å². The molecule has 1 atom stereocenters. The average Bonchev–Trinajstić information content (AvgIpc) is 2.21. The molecule has 0 aliphatic rings. The Morgan fingerprint density at radius 2 is 1.81 bits per heavy atom. The molecule has 1 nitrogen and oxygen atoms in total. The summed E-state index contributed by atoms with van der Waals surface area (Å²) in [5, 5.41) is 0. The van der Waals surface area contributed by atoms with Crippen LogP contribution in [0.2, 0.25) is 0 Å². The molecule has 1 aromatic rings. The van der Waals surface area contributed by atoms with Gasteiger partial charge in [-0.3, -0.25) is 0 Å². The lowest BCUT2D eigenvalue weighted by molar-refractivity contribution is 0.459. The molecular formula is C11H13ClF3N. The zero-order valence-electron chi connectivity index (χ0n) is 8.55. The summed E-state index contributed by atoms with van der Waals surface area (Å²) in [6.45, 7) is 3.47. The summed E-state index contributed by atoms with van der Waals surface area (Å²) in [6, 6.07) is 0.773. The summed E-state index contributed by atoms with van der Waals surface area (Å²) >= 11 is 0. The molecule has 5 heteroatoms. The Bertz CT molecular complexity index is 368. The second-order valence-corrected chi connectivity index (χ2v) is 3.23. The molecule has 0 amide bonds. The smallest absolute Gasteiger partial charge is 0.166 e. The predicted molar refractivity (Wildman–Crippen MR) is 59.9 cm³/mol. The molecule has 16 heavy (non-hydrogen) atoms. The minimum Gasteiger partial charge on any atom is -0.324 e. The van der Waals surface area contributed by atoms with E-state index >= 15 is 0 Å². The van der Waals surface area contributed by atoms with Gasteiger partial charge in [0.15, 0.2) is 11.6 Å². The lowest BCUT2D eigenvalue weighted by Crippen LogP contribution is -2.15. The van der Waals surface area contributed by atoms with E-state index in [1.807, 2.05) is 0 Å². The number of halogens is 4. The van der Waals surface area contributed by atoms with Crippen molar-refractivity contribution in [2.24, 2.45) is 5.73 Å². The Morgan fingerprint density at radius 1 is 1.25 bits per heavy atom. The van der Waals surface area contributed by atoms with E-state index in [1.54, 1.807) is 6.08 Å². The van der Waals surface area contributed by atoms with Crippen LogP contribution in [0.25, 0.3) is 0 Å². The monoisotopic (exact) mass is 251 g/mol. The van der Waals surface area contributed by atoms with Crippen molar-refractivity contribution in [1.82, 2.24) is 0 Å². The Labute approximate surface area is 98.6 Å². The van der Waals surface area contributed by atoms with E-state index in [4.69, 9.17) is 5.73 Å². The van der Waals surface area contributed by atoms with Crippen LogP contribution >= 0.6 is 12.4 Å². The van der Waals surface area contributed by atoms with Crippen molar-refractivity contribution in [2.45, 2.75) is 18.9 Å². The summed E-state index contributed by atoms with van der Waals surface area (Å²) < 4.78 is 39.2. The summed E-state index contributed by atoms with van der Waals surface area (Å²) in [5.74, 6) is -3.10. The normalized spacial score (nSPS) is 11.8. The summed E-state index contributed by atoms with van der Waals surface area (Å²) in [5.41, 5.74) is 5.17. The van der Waals surface area contributed by atoms with Crippen molar-refractivity contribution in [3.05, 3.63) is 47.8 Å². The number of allylic oxidation sites excluding steroid dienone is 1. The second-order valence-electron chi connectivity index (χ2n) is 3.23. The Morgan fingerprint density at radius 3 is 2.38 bits per heavy atom. The van der Waals surface area contributed by atoms with Gasteiger partial charge in [0.25, 0.3) is 0 Å². The van der Waals surface area contributed by atoms with Gasteiger partial charge in [-0.2, -0.15) is 0 Å². The van der Waals surface area contributed by atoms with E-state index in [9.17, 15) is 13.2 Å². The molecule has 0 fully saturated rings. The molecular weight excluding hydrogens is 239 g/mol. The van der Waals surface area contributed by atoms with Gasteiger partial charge in [0.05, 0.1) is 0 Å². The molecule has 1 aromatic carbocycles. The van der Waals surface area contributed by atoms with Crippen LogP contribution in [-0.4, -0.2) is 0 Å². The van der Waals surface area contributed by atoms with Gasteiger partial charge >= 0.3 is 0 Å². The van der Waals surface area contributed by atoms with Gasteiger partial charge in [0.2, 0.25) is 0 Å². The predicted octanol–water partition coefficient (Wildman–Crippen LogP) is 3.49. The highest BCUT2D eigenvalue weighted by atomic mass is 35.5. The van der Waals surface area contributed by atoms with E-state index in [1.165, 1.54) is 0 Å². The minimum absolute atomic E-state index is 0. The maximum atomic E-state index is 13.2. The van der Waals surface area contributed by atoms with E-state index < -0.39 is 29.1 Å². The van der Waals surface area contributed by atoms with Crippen LogP contribution in [0.5, 0.6) is 0 Å². The molecule has 0 aromatic heterocycles. The SMILES string of the molecule is C=CCC[C@H](N)c1c(F)ccc(F)c1F.Cl. The highest BCUT2D eigenvalue weighted by molar-refractivity contribution is 5.85. The van der Waals surface area contributed by atoms with Crippen LogP contribution < -0.4 is 5.73 Å². The van der Waals surface area contributed by atoms with Gasteiger partial charge in [-0.25, -0.2) is 13.2 Å². The van der Waals surface area contributed by atoms with Crippen LogP contribution in [0.3, 0.4) is 0 Å². The van der Waals surface area contributed by atoms with Gasteiger partial charge < -0.3 is 5.73 Å². The summed E-state index contributed by atoms with van der Waals surface area (Å²) in [4.78, 5) is 0. The highest BCUT2D eigenvalue weighted by Gasteiger charge is 2.19. The van der Waals surface area contributed by atoms with E-state index in [0.29, 0.717) is 12.8 Å². The number of hydrogen-bond donors (Lipinski definition) is 1. The van der Waals surface area contributed by atoms with Gasteiger partial charge in [-0.05, 0) is 25.0 Å². The summed E-state index contributed by atoms with van der Waals surface area (Å²) in [6.07, 6.45) is 2.45. The molecule has 0 aliphatic carbocycles. The van der Waals surface area contributed by atoms with Crippen molar-refractivity contribution in [1.29, 1.82) is 0 Å². The van der Waals surface area contributed by atoms with Gasteiger partial charge in [0.1, 0.15) is 5.82 Å². The molecule has 0 heterocycles. The summed E-state index contributed by atoms with van der Waals surface area (Å²) in [7, 11) is 0. The molecule has 0 spiro atoms.